The van der Waals surface area contributed by atoms with Gasteiger partial charge in [-0.2, -0.15) is 13.2 Å². The highest BCUT2D eigenvalue weighted by Crippen LogP contribution is 2.42. The van der Waals surface area contributed by atoms with Crippen LogP contribution in [0.25, 0.3) is 0 Å². The summed E-state index contributed by atoms with van der Waals surface area (Å²) in [6.45, 7) is -0.792. The van der Waals surface area contributed by atoms with Crippen LogP contribution in [0.3, 0.4) is 0 Å². The quantitative estimate of drug-likeness (QED) is 0.607. The lowest BCUT2D eigenvalue weighted by Crippen LogP contribution is -2.38. The minimum Gasteiger partial charge on any atom is -0.548 e. The van der Waals surface area contributed by atoms with E-state index in [2.05, 4.69) is 0 Å². The maximum Gasteiger partial charge on any atom is 0.416 e. The zero-order chi connectivity index (χ0) is 20.2. The van der Waals surface area contributed by atoms with Crippen LogP contribution in [0.1, 0.15) is 22.3 Å². The molecule has 0 aliphatic carbocycles. The molecule has 144 valence electrons. The summed E-state index contributed by atoms with van der Waals surface area (Å²) in [4.78, 5) is 11.2. The van der Waals surface area contributed by atoms with Crippen LogP contribution in [-0.4, -0.2) is 12.6 Å². The summed E-state index contributed by atoms with van der Waals surface area (Å²) in [5.74, 6) is -1.47. The Hall–Kier alpha value is -3.12. The van der Waals surface area contributed by atoms with Gasteiger partial charge in [0.1, 0.15) is 5.60 Å². The van der Waals surface area contributed by atoms with Gasteiger partial charge >= 0.3 is 6.18 Å². The smallest absolute Gasteiger partial charge is 0.416 e. The first-order valence-electron chi connectivity index (χ1n) is 8.46. The Balaban J connectivity index is 2.31. The van der Waals surface area contributed by atoms with Crippen molar-refractivity contribution in [3.8, 4) is 0 Å². The Morgan fingerprint density at radius 1 is 0.750 bits per heavy atom. The Morgan fingerprint density at radius 2 is 1.21 bits per heavy atom. The molecule has 3 nitrogen and oxygen atoms in total. The molecule has 0 bridgehead atoms. The molecule has 3 aromatic carbocycles. The summed E-state index contributed by atoms with van der Waals surface area (Å²) < 4.78 is 45.8. The molecular weight excluding hydrogens is 369 g/mol. The number of carbonyl (C=O) groups is 1. The van der Waals surface area contributed by atoms with Crippen molar-refractivity contribution >= 4 is 5.97 Å². The van der Waals surface area contributed by atoms with Crippen LogP contribution in [0.4, 0.5) is 13.2 Å². The highest BCUT2D eigenvalue weighted by atomic mass is 19.4. The van der Waals surface area contributed by atoms with E-state index in [1.165, 1.54) is 12.1 Å². The maximum absolute atomic E-state index is 13.3. The van der Waals surface area contributed by atoms with Crippen LogP contribution in [0, 0.1) is 0 Å². The molecule has 0 saturated carbocycles. The molecule has 0 aliphatic rings. The zero-order valence-electron chi connectivity index (χ0n) is 14.6. The third-order valence-electron chi connectivity index (χ3n) is 4.36. The first-order chi connectivity index (χ1) is 13.3. The molecule has 0 aromatic heterocycles. The minimum absolute atomic E-state index is 0.168. The number of carboxylic acid groups (broad SMARTS) is 1. The van der Waals surface area contributed by atoms with E-state index in [0.29, 0.717) is 11.1 Å². The molecule has 0 saturated heterocycles. The van der Waals surface area contributed by atoms with Gasteiger partial charge in [-0.05, 0) is 28.8 Å². The first-order valence-corrected chi connectivity index (χ1v) is 8.46. The van der Waals surface area contributed by atoms with Gasteiger partial charge in [-0.3, -0.25) is 0 Å². The van der Waals surface area contributed by atoms with Crippen molar-refractivity contribution in [2.75, 3.05) is 6.61 Å². The summed E-state index contributed by atoms with van der Waals surface area (Å²) in [5, 5.41) is 11.2. The second-order valence-electron chi connectivity index (χ2n) is 6.15. The van der Waals surface area contributed by atoms with Crippen molar-refractivity contribution in [3.63, 3.8) is 0 Å². The topological polar surface area (TPSA) is 49.4 Å². The van der Waals surface area contributed by atoms with E-state index in [4.69, 9.17) is 4.74 Å². The molecule has 28 heavy (non-hydrogen) atoms. The average Bonchev–Trinajstić information content (AvgIpc) is 2.70. The molecular formula is C22H16F3O3-. The number of hydrogen-bond donors (Lipinski definition) is 0. The molecule has 0 aliphatic heterocycles. The van der Waals surface area contributed by atoms with Crippen molar-refractivity contribution in [2.45, 2.75) is 11.8 Å². The number of hydrogen-bond acceptors (Lipinski definition) is 3. The number of rotatable bonds is 6. The van der Waals surface area contributed by atoms with Gasteiger partial charge in [0.25, 0.3) is 0 Å². The van der Waals surface area contributed by atoms with Gasteiger partial charge < -0.3 is 14.6 Å². The minimum atomic E-state index is -4.55. The number of carboxylic acids is 1. The molecule has 0 N–H and O–H groups in total. The highest BCUT2D eigenvalue weighted by Gasteiger charge is 2.39. The fourth-order valence-corrected chi connectivity index (χ4v) is 3.18. The molecule has 0 radical (unpaired) electrons. The van der Waals surface area contributed by atoms with E-state index in [1.54, 1.807) is 60.7 Å². The zero-order valence-corrected chi connectivity index (χ0v) is 14.6. The fraction of sp³-hybridized carbons (Fsp3) is 0.136. The van der Waals surface area contributed by atoms with Gasteiger partial charge in [-0.1, -0.05) is 72.8 Å². The highest BCUT2D eigenvalue weighted by molar-refractivity contribution is 5.66. The maximum atomic E-state index is 13.3. The lowest BCUT2D eigenvalue weighted by Gasteiger charge is -2.36. The van der Waals surface area contributed by atoms with E-state index in [-0.39, 0.29) is 5.56 Å². The predicted molar refractivity (Wildman–Crippen MR) is 95.2 cm³/mol. The third kappa shape index (κ3) is 3.92. The van der Waals surface area contributed by atoms with Gasteiger partial charge in [0.05, 0.1) is 18.1 Å². The van der Waals surface area contributed by atoms with Crippen LogP contribution in [-0.2, 0) is 21.3 Å². The van der Waals surface area contributed by atoms with Crippen LogP contribution < -0.4 is 5.11 Å². The van der Waals surface area contributed by atoms with Crippen LogP contribution in [0.15, 0.2) is 84.9 Å². The molecule has 3 rings (SSSR count). The summed E-state index contributed by atoms with van der Waals surface area (Å²) in [6.07, 6.45) is -4.55. The second kappa shape index (κ2) is 7.86. The molecule has 0 unspecified atom stereocenters. The summed E-state index contributed by atoms with van der Waals surface area (Å²) in [6, 6.07) is 21.8. The normalized spacial score (nSPS) is 12.0. The van der Waals surface area contributed by atoms with Crippen LogP contribution in [0.5, 0.6) is 0 Å². The van der Waals surface area contributed by atoms with E-state index < -0.39 is 29.9 Å². The Labute approximate surface area is 160 Å². The standard InChI is InChI=1S/C22H17F3O3/c23-22(24,25)19-13-7-12-18(14-19)21(28-15-20(26)27,16-8-3-1-4-9-16)17-10-5-2-6-11-17/h1-14H,15H2,(H,26,27)/p-1. The van der Waals surface area contributed by atoms with Gasteiger partial charge in [0.2, 0.25) is 0 Å². The van der Waals surface area contributed by atoms with Crippen molar-refractivity contribution in [1.29, 1.82) is 0 Å². The van der Waals surface area contributed by atoms with Crippen molar-refractivity contribution in [2.24, 2.45) is 0 Å². The van der Waals surface area contributed by atoms with Gasteiger partial charge in [-0.15, -0.1) is 0 Å². The number of carbonyl (C=O) groups excluding carboxylic acids is 1. The Kier molecular flexibility index (Phi) is 5.51. The molecule has 0 amide bonds. The number of benzene rings is 3. The predicted octanol–water partition coefficient (Wildman–Crippen LogP) is 3.76. The summed E-state index contributed by atoms with van der Waals surface area (Å²) in [5.41, 5.74) is -1.23. The fourth-order valence-electron chi connectivity index (χ4n) is 3.18. The SMILES string of the molecule is O=C([O-])COC(c1ccccc1)(c1ccccc1)c1cccc(C(F)(F)F)c1. The van der Waals surface area contributed by atoms with Gasteiger partial charge in [0, 0.05) is 0 Å². The molecule has 0 spiro atoms. The van der Waals surface area contributed by atoms with E-state index >= 15 is 0 Å². The van der Waals surface area contributed by atoms with E-state index in [9.17, 15) is 23.1 Å². The third-order valence-corrected chi connectivity index (χ3v) is 4.36. The van der Waals surface area contributed by atoms with Crippen LogP contribution >= 0.6 is 0 Å². The molecule has 6 heteroatoms. The largest absolute Gasteiger partial charge is 0.548 e. The molecule has 0 atom stereocenters. The molecule has 3 aromatic rings. The van der Waals surface area contributed by atoms with E-state index in [1.807, 2.05) is 0 Å². The van der Waals surface area contributed by atoms with Crippen LogP contribution in [0.2, 0.25) is 0 Å². The number of aliphatic carboxylic acids is 1. The van der Waals surface area contributed by atoms with Crippen molar-refractivity contribution < 1.29 is 27.8 Å². The average molecular weight is 385 g/mol. The number of alkyl halides is 3. The van der Waals surface area contributed by atoms with E-state index in [0.717, 1.165) is 12.1 Å². The number of halogens is 3. The van der Waals surface area contributed by atoms with Gasteiger partial charge in [-0.25, -0.2) is 0 Å². The summed E-state index contributed by atoms with van der Waals surface area (Å²) >= 11 is 0. The Bertz CT molecular complexity index is 899. The van der Waals surface area contributed by atoms with Crippen molar-refractivity contribution in [1.82, 2.24) is 0 Å². The number of ether oxygens (including phenoxy) is 1. The Morgan fingerprint density at radius 3 is 1.68 bits per heavy atom. The molecule has 0 heterocycles. The molecule has 0 fully saturated rings. The lowest BCUT2D eigenvalue weighted by atomic mass is 9.79. The first kappa shape index (κ1) is 19.6. The lowest BCUT2D eigenvalue weighted by molar-refractivity contribution is -0.311. The monoisotopic (exact) mass is 385 g/mol. The second-order valence-corrected chi connectivity index (χ2v) is 6.15. The van der Waals surface area contributed by atoms with Gasteiger partial charge in [0.15, 0.2) is 0 Å². The summed E-state index contributed by atoms with van der Waals surface area (Å²) in [7, 11) is 0. The van der Waals surface area contributed by atoms with Crippen molar-refractivity contribution in [3.05, 3.63) is 107 Å².